The summed E-state index contributed by atoms with van der Waals surface area (Å²) in [4.78, 5) is 4.82. The van der Waals surface area contributed by atoms with Gasteiger partial charge in [-0.05, 0) is 127 Å². The fourth-order valence-electron chi connectivity index (χ4n) is 12.7. The molecule has 0 unspecified atom stereocenters. The zero-order valence-corrected chi connectivity index (χ0v) is 42.0. The van der Waals surface area contributed by atoms with Gasteiger partial charge < -0.3 is 18.6 Å². The van der Waals surface area contributed by atoms with Crippen LogP contribution in [-0.4, -0.2) is 0 Å². The fourth-order valence-corrected chi connectivity index (χ4v) is 12.7. The first-order valence-electron chi connectivity index (χ1n) is 25.8. The van der Waals surface area contributed by atoms with E-state index in [0.29, 0.717) is 11.8 Å². The van der Waals surface area contributed by atoms with Crippen LogP contribution in [0.1, 0.15) is 75.6 Å². The number of rotatable bonds is 8. The predicted octanol–water partition coefficient (Wildman–Crippen LogP) is 20.4. The Hall–Kier alpha value is -8.60. The fraction of sp³-hybridized carbons (Fsp3) is 0.130. The maximum Gasteiger partial charge on any atom is 0.159 e. The van der Waals surface area contributed by atoms with E-state index in [1.165, 1.54) is 65.7 Å². The van der Waals surface area contributed by atoms with Crippen LogP contribution in [0.15, 0.2) is 215 Å². The van der Waals surface area contributed by atoms with E-state index in [4.69, 9.17) is 8.83 Å². The van der Waals surface area contributed by atoms with Crippen LogP contribution in [0.4, 0.5) is 34.1 Å². The lowest BCUT2D eigenvalue weighted by Crippen LogP contribution is -2.17. The van der Waals surface area contributed by atoms with E-state index in [2.05, 4.69) is 258 Å². The lowest BCUT2D eigenvalue weighted by Gasteiger charge is -2.30. The van der Waals surface area contributed by atoms with Crippen LogP contribution in [0.5, 0.6) is 0 Å². The van der Waals surface area contributed by atoms with Gasteiger partial charge in [-0.3, -0.25) is 0 Å². The second kappa shape index (κ2) is 16.2. The quantitative estimate of drug-likeness (QED) is 0.142. The molecule has 13 aromatic rings. The molecule has 14 rings (SSSR count). The van der Waals surface area contributed by atoms with E-state index in [1.807, 2.05) is 0 Å². The van der Waals surface area contributed by atoms with Gasteiger partial charge in [-0.2, -0.15) is 0 Å². The molecule has 1 aliphatic rings. The Morgan fingerprint density at radius 2 is 0.781 bits per heavy atom. The third-order valence-corrected chi connectivity index (χ3v) is 15.9. The third-order valence-electron chi connectivity index (χ3n) is 15.9. The summed E-state index contributed by atoms with van der Waals surface area (Å²) >= 11 is 0. The molecule has 0 spiro atoms. The normalized spacial score (nSPS) is 13.2. The average Bonchev–Trinajstić information content (AvgIpc) is 4.08. The molecule has 0 bridgehead atoms. The zero-order valence-electron chi connectivity index (χ0n) is 42.0. The highest BCUT2D eigenvalue weighted by atomic mass is 16.3. The van der Waals surface area contributed by atoms with Crippen molar-refractivity contribution in [2.75, 3.05) is 9.80 Å². The molecule has 0 saturated carbocycles. The first kappa shape index (κ1) is 43.2. The Labute approximate surface area is 425 Å². The molecule has 0 aliphatic heterocycles. The van der Waals surface area contributed by atoms with Gasteiger partial charge in [-0.25, -0.2) is 0 Å². The first-order chi connectivity index (χ1) is 35.7. The molecule has 73 heavy (non-hydrogen) atoms. The maximum atomic E-state index is 7.08. The summed E-state index contributed by atoms with van der Waals surface area (Å²) in [6.45, 7) is 13.8. The van der Waals surface area contributed by atoms with E-state index in [9.17, 15) is 0 Å². The SMILES string of the molecule is CC(C)c1cccc2c1oc1c(N(c3ccccc3)c3ccc4c5c(c6ccccc6c4c3)-c3cc(N(c4ccccc4)c4cccc6c4oc4c(C(C)C)cccc46)c4ccccc4c3C5(C)C)cccc12. The van der Waals surface area contributed by atoms with Crippen LogP contribution in [-0.2, 0) is 5.41 Å². The molecule has 1 aliphatic carbocycles. The second-order valence-corrected chi connectivity index (χ2v) is 21.1. The van der Waals surface area contributed by atoms with Crippen molar-refractivity contribution in [1.82, 2.24) is 0 Å². The smallest absolute Gasteiger partial charge is 0.159 e. The number of fused-ring (bicyclic) bond motifs is 16. The van der Waals surface area contributed by atoms with Crippen LogP contribution in [0.2, 0.25) is 0 Å². The molecule has 0 atom stereocenters. The Balaban J connectivity index is 1.02. The minimum Gasteiger partial charge on any atom is -0.454 e. The van der Waals surface area contributed by atoms with Crippen molar-refractivity contribution in [2.45, 2.75) is 58.8 Å². The Morgan fingerprint density at radius 1 is 0.329 bits per heavy atom. The molecule has 352 valence electrons. The summed E-state index contributed by atoms with van der Waals surface area (Å²) in [6.07, 6.45) is 0. The van der Waals surface area contributed by atoms with Crippen molar-refractivity contribution in [3.8, 4) is 11.1 Å². The molecule has 4 nitrogen and oxygen atoms in total. The second-order valence-electron chi connectivity index (χ2n) is 21.1. The van der Waals surface area contributed by atoms with Crippen LogP contribution >= 0.6 is 0 Å². The Bertz CT molecular complexity index is 4370. The van der Waals surface area contributed by atoms with Crippen molar-refractivity contribution >= 4 is 110 Å². The monoisotopic (exact) mass is 942 g/mol. The van der Waals surface area contributed by atoms with E-state index in [-0.39, 0.29) is 5.41 Å². The number of furan rings is 2. The zero-order chi connectivity index (χ0) is 49.3. The minimum atomic E-state index is -0.358. The molecule has 0 saturated heterocycles. The van der Waals surface area contributed by atoms with Gasteiger partial charge in [0.1, 0.15) is 11.2 Å². The number of hydrogen-bond acceptors (Lipinski definition) is 4. The Kier molecular flexibility index (Phi) is 9.60. The topological polar surface area (TPSA) is 32.8 Å². The van der Waals surface area contributed by atoms with Crippen molar-refractivity contribution in [3.05, 3.63) is 229 Å². The largest absolute Gasteiger partial charge is 0.454 e. The van der Waals surface area contributed by atoms with Crippen molar-refractivity contribution < 1.29 is 8.83 Å². The number of benzene rings is 11. The Morgan fingerprint density at radius 3 is 1.36 bits per heavy atom. The molecule has 0 radical (unpaired) electrons. The molecule has 2 aromatic heterocycles. The summed E-state index contributed by atoms with van der Waals surface area (Å²) in [5.74, 6) is 0.644. The van der Waals surface area contributed by atoms with Gasteiger partial charge in [-0.1, -0.05) is 193 Å². The van der Waals surface area contributed by atoms with Crippen LogP contribution in [0.25, 0.3) is 87.3 Å². The highest BCUT2D eigenvalue weighted by molar-refractivity contribution is 6.22. The van der Waals surface area contributed by atoms with Gasteiger partial charge in [0.15, 0.2) is 11.2 Å². The standard InChI is InChI=1S/C69H54N2O2/c1-41(2)46-29-17-31-53-55-33-19-35-59(67(55)72-65(46)53)70(43-21-9-7-10-22-43)45-37-38-52-57(39-45)48-25-13-15-27-50(48)62-58-40-61(49-26-14-16-28-51(49)63(58)69(5,6)64(52)62)71(44-23-11-8-12-24-44)60-36-20-34-56-54-32-18-30-47(42(3)4)66(54)73-68(56)60/h7-42H,1-6H3. The molecular formula is C69H54N2O2. The maximum absolute atomic E-state index is 7.08. The van der Waals surface area contributed by atoms with Gasteiger partial charge in [0.05, 0.1) is 17.1 Å². The van der Waals surface area contributed by atoms with Gasteiger partial charge in [0.2, 0.25) is 0 Å². The number of anilines is 6. The summed E-state index contributed by atoms with van der Waals surface area (Å²) in [5.41, 5.74) is 17.4. The lowest BCUT2D eigenvalue weighted by atomic mass is 9.77. The molecule has 0 N–H and O–H groups in total. The van der Waals surface area contributed by atoms with Gasteiger partial charge in [0, 0.05) is 49.4 Å². The van der Waals surface area contributed by atoms with Gasteiger partial charge in [-0.15, -0.1) is 0 Å². The van der Waals surface area contributed by atoms with E-state index < -0.39 is 0 Å². The lowest BCUT2D eigenvalue weighted by molar-refractivity contribution is 0.657. The molecule has 4 heteroatoms. The number of hydrogen-bond donors (Lipinski definition) is 0. The number of nitrogens with zero attached hydrogens (tertiary/aromatic N) is 2. The van der Waals surface area contributed by atoms with E-state index in [1.54, 1.807) is 0 Å². The van der Waals surface area contributed by atoms with Crippen LogP contribution in [0, 0.1) is 0 Å². The van der Waals surface area contributed by atoms with E-state index >= 15 is 0 Å². The average molecular weight is 943 g/mol. The van der Waals surface area contributed by atoms with Gasteiger partial charge >= 0.3 is 0 Å². The van der Waals surface area contributed by atoms with E-state index in [0.717, 1.165) is 78.0 Å². The van der Waals surface area contributed by atoms with Crippen molar-refractivity contribution in [3.63, 3.8) is 0 Å². The number of para-hydroxylation sites is 6. The minimum absolute atomic E-state index is 0.318. The molecule has 0 amide bonds. The summed E-state index contributed by atoms with van der Waals surface area (Å²) in [7, 11) is 0. The molecule has 0 fully saturated rings. The third kappa shape index (κ3) is 6.32. The summed E-state index contributed by atoms with van der Waals surface area (Å²) < 4.78 is 14.1. The molecule has 2 heterocycles. The summed E-state index contributed by atoms with van der Waals surface area (Å²) in [6, 6.07) is 75.6. The highest BCUT2D eigenvalue weighted by Crippen LogP contribution is 2.59. The molecule has 11 aromatic carbocycles. The predicted molar refractivity (Wildman–Crippen MR) is 309 cm³/mol. The molecular weight excluding hydrogens is 889 g/mol. The van der Waals surface area contributed by atoms with Gasteiger partial charge in [0.25, 0.3) is 0 Å². The highest BCUT2D eigenvalue weighted by Gasteiger charge is 2.41. The first-order valence-corrected chi connectivity index (χ1v) is 25.8. The van der Waals surface area contributed by atoms with Crippen molar-refractivity contribution in [2.24, 2.45) is 0 Å². The van der Waals surface area contributed by atoms with Crippen LogP contribution in [0.3, 0.4) is 0 Å². The van der Waals surface area contributed by atoms with Crippen molar-refractivity contribution in [1.29, 1.82) is 0 Å². The summed E-state index contributed by atoms with van der Waals surface area (Å²) in [5, 5.41) is 11.9. The van der Waals surface area contributed by atoms with Crippen LogP contribution < -0.4 is 9.80 Å².